The highest BCUT2D eigenvalue weighted by Gasteiger charge is 2.37. The van der Waals surface area contributed by atoms with Gasteiger partial charge in [0.05, 0.1) is 17.9 Å². The normalized spacial score (nSPS) is 21.0. The van der Waals surface area contributed by atoms with Gasteiger partial charge >= 0.3 is 0 Å². The van der Waals surface area contributed by atoms with Crippen LogP contribution < -0.4 is 0 Å². The summed E-state index contributed by atoms with van der Waals surface area (Å²) in [7, 11) is -3.45. The van der Waals surface area contributed by atoms with Crippen molar-refractivity contribution in [1.82, 2.24) is 14.5 Å². The van der Waals surface area contributed by atoms with Gasteiger partial charge in [-0.15, -0.1) is 11.3 Å². The zero-order chi connectivity index (χ0) is 13.5. The van der Waals surface area contributed by atoms with Crippen LogP contribution in [0.4, 0.5) is 0 Å². The maximum atomic E-state index is 12.7. The number of hydrogen-bond donors (Lipinski definition) is 1. The Hall–Kier alpha value is -1.18. The number of H-pyrrole nitrogens is 1. The summed E-state index contributed by atoms with van der Waals surface area (Å²) in [4.78, 5) is 1.40. The van der Waals surface area contributed by atoms with Gasteiger partial charge in [-0.3, -0.25) is 5.10 Å². The molecule has 3 heterocycles. The van der Waals surface area contributed by atoms with Crippen LogP contribution in [0.5, 0.6) is 0 Å². The average Bonchev–Trinajstić information content (AvgIpc) is 3.09. The van der Waals surface area contributed by atoms with Crippen LogP contribution in [-0.2, 0) is 10.0 Å². The summed E-state index contributed by atoms with van der Waals surface area (Å²) in [5.41, 5.74) is 0.594. The molecule has 1 N–H and O–H groups in total. The van der Waals surface area contributed by atoms with E-state index in [1.807, 2.05) is 17.5 Å². The number of nitrogens with one attached hydrogen (secondary N) is 1. The van der Waals surface area contributed by atoms with Crippen LogP contribution in [0.1, 0.15) is 29.5 Å². The third-order valence-electron chi connectivity index (χ3n) is 3.45. The molecule has 1 atom stereocenters. The lowest BCUT2D eigenvalue weighted by atomic mass is 10.2. The van der Waals surface area contributed by atoms with Crippen LogP contribution in [0.3, 0.4) is 0 Å². The van der Waals surface area contributed by atoms with E-state index in [0.717, 1.165) is 17.7 Å². The molecule has 0 aliphatic carbocycles. The van der Waals surface area contributed by atoms with Gasteiger partial charge < -0.3 is 0 Å². The lowest BCUT2D eigenvalue weighted by Crippen LogP contribution is -2.30. The minimum absolute atomic E-state index is 0.0284. The standard InChI is InChI=1S/C12H15N3O2S2/c1-9-12(8-13-14-9)19(16,17)15-6-2-4-10(15)11-5-3-7-18-11/h3,5,7-8,10H,2,4,6H2,1H3,(H,13,14). The summed E-state index contributed by atoms with van der Waals surface area (Å²) in [5.74, 6) is 0. The molecule has 0 saturated carbocycles. The van der Waals surface area contributed by atoms with Gasteiger partial charge in [-0.2, -0.15) is 9.40 Å². The molecule has 0 aromatic carbocycles. The molecule has 1 unspecified atom stereocenters. The van der Waals surface area contributed by atoms with E-state index in [2.05, 4.69) is 10.2 Å². The fourth-order valence-electron chi connectivity index (χ4n) is 2.52. The average molecular weight is 297 g/mol. The molecule has 0 amide bonds. The van der Waals surface area contributed by atoms with E-state index >= 15 is 0 Å². The van der Waals surface area contributed by atoms with Crippen LogP contribution >= 0.6 is 11.3 Å². The third-order valence-corrected chi connectivity index (χ3v) is 6.44. The lowest BCUT2D eigenvalue weighted by molar-refractivity contribution is 0.400. The van der Waals surface area contributed by atoms with Gasteiger partial charge in [0.2, 0.25) is 10.0 Å². The first-order chi connectivity index (χ1) is 9.10. The van der Waals surface area contributed by atoms with Crippen molar-refractivity contribution in [1.29, 1.82) is 0 Å². The van der Waals surface area contributed by atoms with Crippen molar-refractivity contribution in [2.45, 2.75) is 30.7 Å². The van der Waals surface area contributed by atoms with Crippen LogP contribution in [-0.4, -0.2) is 29.5 Å². The summed E-state index contributed by atoms with van der Waals surface area (Å²) in [6, 6.07) is 3.94. The SMILES string of the molecule is Cc1[nH]ncc1S(=O)(=O)N1CCCC1c1cccs1. The number of aromatic nitrogens is 2. The summed E-state index contributed by atoms with van der Waals surface area (Å²) in [6.45, 7) is 2.31. The van der Waals surface area contributed by atoms with Gasteiger partial charge in [0, 0.05) is 11.4 Å². The number of aromatic amines is 1. The van der Waals surface area contributed by atoms with Gasteiger partial charge in [-0.05, 0) is 31.2 Å². The second-order valence-electron chi connectivity index (χ2n) is 4.65. The second kappa shape index (κ2) is 4.73. The van der Waals surface area contributed by atoms with Crippen LogP contribution in [0.15, 0.2) is 28.6 Å². The van der Waals surface area contributed by atoms with Crippen LogP contribution in [0, 0.1) is 6.92 Å². The maximum absolute atomic E-state index is 12.7. The van der Waals surface area contributed by atoms with Crippen molar-refractivity contribution < 1.29 is 8.42 Å². The first kappa shape index (κ1) is 12.8. The quantitative estimate of drug-likeness (QED) is 0.945. The van der Waals surface area contributed by atoms with Crippen molar-refractivity contribution in [3.05, 3.63) is 34.3 Å². The Kier molecular flexibility index (Phi) is 3.20. The predicted octanol–water partition coefficient (Wildman–Crippen LogP) is 2.31. The van der Waals surface area contributed by atoms with Crippen molar-refractivity contribution in [2.24, 2.45) is 0 Å². The molecule has 5 nitrogen and oxygen atoms in total. The highest BCUT2D eigenvalue weighted by atomic mass is 32.2. The summed E-state index contributed by atoms with van der Waals surface area (Å²) < 4.78 is 27.0. The summed E-state index contributed by atoms with van der Waals surface area (Å²) >= 11 is 1.61. The molecular formula is C12H15N3O2S2. The minimum Gasteiger partial charge on any atom is -0.281 e. The number of sulfonamides is 1. The fraction of sp³-hybridized carbons (Fsp3) is 0.417. The first-order valence-electron chi connectivity index (χ1n) is 6.16. The summed E-state index contributed by atoms with van der Waals surface area (Å²) in [5, 5.41) is 8.50. The molecular weight excluding hydrogens is 282 g/mol. The van der Waals surface area contributed by atoms with Crippen LogP contribution in [0.25, 0.3) is 0 Å². The fourth-order valence-corrected chi connectivity index (χ4v) is 5.25. The van der Waals surface area contributed by atoms with E-state index in [9.17, 15) is 8.42 Å². The molecule has 19 heavy (non-hydrogen) atoms. The Morgan fingerprint density at radius 1 is 1.53 bits per heavy atom. The van der Waals surface area contributed by atoms with E-state index in [4.69, 9.17) is 0 Å². The molecule has 0 radical (unpaired) electrons. The lowest BCUT2D eigenvalue weighted by Gasteiger charge is -2.22. The second-order valence-corrected chi connectivity index (χ2v) is 7.49. The number of rotatable bonds is 3. The predicted molar refractivity (Wildman–Crippen MR) is 73.5 cm³/mol. The van der Waals surface area contributed by atoms with E-state index in [1.165, 1.54) is 6.20 Å². The molecule has 0 spiro atoms. The molecule has 3 rings (SSSR count). The Balaban J connectivity index is 1.99. The van der Waals surface area contributed by atoms with E-state index in [-0.39, 0.29) is 10.9 Å². The Morgan fingerprint density at radius 2 is 2.37 bits per heavy atom. The van der Waals surface area contributed by atoms with Gasteiger partial charge in [-0.25, -0.2) is 8.42 Å². The molecule has 2 aromatic rings. The van der Waals surface area contributed by atoms with Gasteiger partial charge in [0.1, 0.15) is 4.90 Å². The topological polar surface area (TPSA) is 66.1 Å². The molecule has 1 saturated heterocycles. The maximum Gasteiger partial charge on any atom is 0.247 e. The number of thiophene rings is 1. The van der Waals surface area contributed by atoms with Crippen molar-refractivity contribution in [2.75, 3.05) is 6.54 Å². The van der Waals surface area contributed by atoms with E-state index < -0.39 is 10.0 Å². The van der Waals surface area contributed by atoms with E-state index in [1.54, 1.807) is 22.6 Å². The molecule has 7 heteroatoms. The molecule has 102 valence electrons. The molecule has 1 aliphatic heterocycles. The Bertz CT molecular complexity index is 661. The Morgan fingerprint density at radius 3 is 3.00 bits per heavy atom. The largest absolute Gasteiger partial charge is 0.281 e. The molecule has 1 fully saturated rings. The van der Waals surface area contributed by atoms with Crippen molar-refractivity contribution in [3.8, 4) is 0 Å². The van der Waals surface area contributed by atoms with E-state index in [0.29, 0.717) is 12.2 Å². The van der Waals surface area contributed by atoms with Gasteiger partial charge in [0.15, 0.2) is 0 Å². The first-order valence-corrected chi connectivity index (χ1v) is 8.48. The Labute approximate surface area is 116 Å². The highest BCUT2D eigenvalue weighted by Crippen LogP contribution is 2.38. The number of aryl methyl sites for hydroxylation is 1. The van der Waals surface area contributed by atoms with Gasteiger partial charge in [-0.1, -0.05) is 6.07 Å². The number of hydrogen-bond acceptors (Lipinski definition) is 4. The van der Waals surface area contributed by atoms with Crippen molar-refractivity contribution in [3.63, 3.8) is 0 Å². The zero-order valence-corrected chi connectivity index (χ0v) is 12.2. The number of nitrogens with zero attached hydrogens (tertiary/aromatic N) is 2. The minimum atomic E-state index is -3.45. The molecule has 0 bridgehead atoms. The van der Waals surface area contributed by atoms with Crippen LogP contribution in [0.2, 0.25) is 0 Å². The smallest absolute Gasteiger partial charge is 0.247 e. The summed E-state index contributed by atoms with van der Waals surface area (Å²) in [6.07, 6.45) is 3.18. The van der Waals surface area contributed by atoms with Crippen molar-refractivity contribution >= 4 is 21.4 Å². The highest BCUT2D eigenvalue weighted by molar-refractivity contribution is 7.89. The zero-order valence-electron chi connectivity index (χ0n) is 10.5. The third kappa shape index (κ3) is 2.11. The monoisotopic (exact) mass is 297 g/mol. The van der Waals surface area contributed by atoms with Gasteiger partial charge in [0.25, 0.3) is 0 Å². The molecule has 1 aliphatic rings. The molecule has 2 aromatic heterocycles.